The van der Waals surface area contributed by atoms with E-state index in [0.29, 0.717) is 24.6 Å². The zero-order valence-electron chi connectivity index (χ0n) is 14.3. The Hall–Kier alpha value is -1.85. The van der Waals surface area contributed by atoms with E-state index in [4.69, 9.17) is 0 Å². The molecular weight excluding hydrogens is 292 g/mol. The molecule has 2 amide bonds. The van der Waals surface area contributed by atoms with Crippen molar-refractivity contribution in [1.82, 2.24) is 20.2 Å². The van der Waals surface area contributed by atoms with E-state index < -0.39 is 0 Å². The summed E-state index contributed by atoms with van der Waals surface area (Å²) in [5.74, 6) is 0.0577. The highest BCUT2D eigenvalue weighted by atomic mass is 16.2. The molecule has 0 radical (unpaired) electrons. The van der Waals surface area contributed by atoms with E-state index in [9.17, 15) is 9.59 Å². The van der Waals surface area contributed by atoms with Gasteiger partial charge in [0.2, 0.25) is 0 Å². The number of amides is 2. The summed E-state index contributed by atoms with van der Waals surface area (Å²) in [5, 5.41) is 5.81. The van der Waals surface area contributed by atoms with E-state index in [-0.39, 0.29) is 11.8 Å². The molecule has 1 aliphatic heterocycles. The van der Waals surface area contributed by atoms with Gasteiger partial charge in [-0.3, -0.25) is 9.59 Å². The van der Waals surface area contributed by atoms with Gasteiger partial charge < -0.3 is 15.2 Å². The van der Waals surface area contributed by atoms with Crippen LogP contribution < -0.4 is 10.6 Å². The van der Waals surface area contributed by atoms with Crippen LogP contribution in [0.4, 0.5) is 0 Å². The fraction of sp³-hybridized carbons (Fsp3) is 0.706. The van der Waals surface area contributed by atoms with E-state index >= 15 is 0 Å². The summed E-state index contributed by atoms with van der Waals surface area (Å²) in [7, 11) is 0. The Balaban J connectivity index is 2.16. The first-order chi connectivity index (χ1) is 11.2. The number of aromatic nitrogens is 2. The van der Waals surface area contributed by atoms with Crippen molar-refractivity contribution in [2.45, 2.75) is 65.3 Å². The lowest BCUT2D eigenvalue weighted by atomic mass is 10.1. The number of nitrogens with zero attached hydrogens (tertiary/aromatic N) is 2. The molecule has 2 N–H and O–H groups in total. The minimum atomic E-state index is -0.172. The number of fused-ring (bicyclic) bond motifs is 1. The molecule has 6 heteroatoms. The van der Waals surface area contributed by atoms with Crippen LogP contribution in [0.5, 0.6) is 0 Å². The molecule has 0 saturated heterocycles. The molecule has 0 aromatic carbocycles. The zero-order chi connectivity index (χ0) is 16.7. The second kappa shape index (κ2) is 8.70. The average molecular weight is 320 g/mol. The van der Waals surface area contributed by atoms with Gasteiger partial charge in [-0.25, -0.2) is 4.98 Å². The van der Waals surface area contributed by atoms with Gasteiger partial charge in [-0.05, 0) is 32.1 Å². The lowest BCUT2D eigenvalue weighted by Gasteiger charge is -2.17. The first-order valence-corrected chi connectivity index (χ1v) is 8.84. The number of hydrogen-bond donors (Lipinski definition) is 2. The Kier molecular flexibility index (Phi) is 6.62. The number of imidazole rings is 1. The van der Waals surface area contributed by atoms with Crippen LogP contribution in [0.1, 0.15) is 79.2 Å². The minimum absolute atomic E-state index is 0.156. The molecule has 6 nitrogen and oxygen atoms in total. The van der Waals surface area contributed by atoms with Gasteiger partial charge in [-0.2, -0.15) is 0 Å². The van der Waals surface area contributed by atoms with Crippen molar-refractivity contribution >= 4 is 11.8 Å². The molecule has 2 heterocycles. The number of carbonyl (C=O) groups is 2. The van der Waals surface area contributed by atoms with Gasteiger partial charge in [-0.1, -0.05) is 26.7 Å². The SMILES string of the molecule is CCCCNC(=O)c1nc(C(=O)NCCCC)n2c1CCCC2. The summed E-state index contributed by atoms with van der Waals surface area (Å²) in [6, 6.07) is 0. The summed E-state index contributed by atoms with van der Waals surface area (Å²) in [5.41, 5.74) is 1.34. The number of carbonyl (C=O) groups excluding carboxylic acids is 2. The zero-order valence-corrected chi connectivity index (χ0v) is 14.3. The first-order valence-electron chi connectivity index (χ1n) is 8.84. The largest absolute Gasteiger partial charge is 0.351 e. The Bertz CT molecular complexity index is 505. The molecular formula is C17H28N4O2. The molecule has 0 unspecified atom stereocenters. The van der Waals surface area contributed by atoms with Crippen molar-refractivity contribution in [3.63, 3.8) is 0 Å². The minimum Gasteiger partial charge on any atom is -0.351 e. The third-order valence-electron chi connectivity index (χ3n) is 4.17. The van der Waals surface area contributed by atoms with Gasteiger partial charge >= 0.3 is 0 Å². The van der Waals surface area contributed by atoms with Gasteiger partial charge in [-0.15, -0.1) is 0 Å². The highest BCUT2D eigenvalue weighted by Crippen LogP contribution is 2.21. The summed E-state index contributed by atoms with van der Waals surface area (Å²) in [6.45, 7) is 6.24. The fourth-order valence-electron chi connectivity index (χ4n) is 2.82. The molecule has 1 aliphatic rings. The van der Waals surface area contributed by atoms with E-state index in [1.807, 2.05) is 4.57 Å². The van der Waals surface area contributed by atoms with Gasteiger partial charge in [0.25, 0.3) is 11.8 Å². The van der Waals surface area contributed by atoms with Gasteiger partial charge in [0.05, 0.1) is 5.69 Å². The molecule has 0 fully saturated rings. The molecule has 128 valence electrons. The van der Waals surface area contributed by atoms with Crippen LogP contribution >= 0.6 is 0 Å². The van der Waals surface area contributed by atoms with Crippen LogP contribution in [0.25, 0.3) is 0 Å². The molecule has 1 aromatic rings. The van der Waals surface area contributed by atoms with E-state index in [1.54, 1.807) is 0 Å². The van der Waals surface area contributed by atoms with Crippen molar-refractivity contribution in [2.75, 3.05) is 13.1 Å². The topological polar surface area (TPSA) is 76.0 Å². The van der Waals surface area contributed by atoms with Crippen molar-refractivity contribution < 1.29 is 9.59 Å². The van der Waals surface area contributed by atoms with Gasteiger partial charge in [0, 0.05) is 19.6 Å². The second-order valence-electron chi connectivity index (χ2n) is 6.06. The Labute approximate surface area is 138 Å². The average Bonchev–Trinajstić information content (AvgIpc) is 2.95. The van der Waals surface area contributed by atoms with Crippen LogP contribution in [0, 0.1) is 0 Å². The Morgan fingerprint density at radius 1 is 1.04 bits per heavy atom. The van der Waals surface area contributed by atoms with E-state index in [1.165, 1.54) is 0 Å². The van der Waals surface area contributed by atoms with Crippen molar-refractivity contribution in [2.24, 2.45) is 0 Å². The maximum Gasteiger partial charge on any atom is 0.287 e. The Morgan fingerprint density at radius 3 is 2.35 bits per heavy atom. The fourth-order valence-corrected chi connectivity index (χ4v) is 2.82. The first kappa shape index (κ1) is 17.5. The van der Waals surface area contributed by atoms with Crippen molar-refractivity contribution in [1.29, 1.82) is 0 Å². The summed E-state index contributed by atoms with van der Waals surface area (Å²) in [4.78, 5) is 29.1. The summed E-state index contributed by atoms with van der Waals surface area (Å²) in [6.07, 6.45) is 6.84. The van der Waals surface area contributed by atoms with Gasteiger partial charge in [0.15, 0.2) is 5.82 Å². The molecule has 2 rings (SSSR count). The lowest BCUT2D eigenvalue weighted by molar-refractivity contribution is 0.0937. The predicted octanol–water partition coefficient (Wildman–Crippen LogP) is 2.28. The summed E-state index contributed by atoms with van der Waals surface area (Å²) >= 11 is 0. The molecule has 0 atom stereocenters. The van der Waals surface area contributed by atoms with Crippen LogP contribution in [0.3, 0.4) is 0 Å². The third-order valence-corrected chi connectivity index (χ3v) is 4.17. The number of rotatable bonds is 8. The molecule has 1 aromatic heterocycles. The normalized spacial score (nSPS) is 13.5. The molecule has 0 bridgehead atoms. The molecule has 0 aliphatic carbocycles. The summed E-state index contributed by atoms with van der Waals surface area (Å²) < 4.78 is 1.93. The van der Waals surface area contributed by atoms with Crippen LogP contribution in [-0.2, 0) is 13.0 Å². The number of unbranched alkanes of at least 4 members (excludes halogenated alkanes) is 2. The van der Waals surface area contributed by atoms with Crippen molar-refractivity contribution in [3.8, 4) is 0 Å². The molecule has 23 heavy (non-hydrogen) atoms. The number of hydrogen-bond acceptors (Lipinski definition) is 3. The third kappa shape index (κ3) is 4.33. The van der Waals surface area contributed by atoms with Crippen molar-refractivity contribution in [3.05, 3.63) is 17.2 Å². The maximum atomic E-state index is 12.4. The highest BCUT2D eigenvalue weighted by molar-refractivity contribution is 5.97. The standard InChI is InChI=1S/C17H28N4O2/c1-3-5-10-18-16(22)14-13-9-7-8-12-21(13)15(20-14)17(23)19-11-6-4-2/h3-12H2,1-2H3,(H,18,22)(H,19,23). The number of nitrogens with one attached hydrogen (secondary N) is 2. The smallest absolute Gasteiger partial charge is 0.287 e. The van der Waals surface area contributed by atoms with E-state index in [0.717, 1.165) is 57.2 Å². The molecule has 0 saturated carbocycles. The van der Waals surface area contributed by atoms with Gasteiger partial charge in [0.1, 0.15) is 5.69 Å². The Morgan fingerprint density at radius 2 is 1.70 bits per heavy atom. The quantitative estimate of drug-likeness (QED) is 0.722. The highest BCUT2D eigenvalue weighted by Gasteiger charge is 2.27. The van der Waals surface area contributed by atoms with Crippen LogP contribution in [0.15, 0.2) is 0 Å². The van der Waals surface area contributed by atoms with E-state index in [2.05, 4.69) is 29.5 Å². The maximum absolute atomic E-state index is 12.4. The van der Waals surface area contributed by atoms with Crippen LogP contribution in [-0.4, -0.2) is 34.5 Å². The monoisotopic (exact) mass is 320 g/mol. The lowest BCUT2D eigenvalue weighted by Crippen LogP contribution is -2.28. The second-order valence-corrected chi connectivity index (χ2v) is 6.06. The predicted molar refractivity (Wildman–Crippen MR) is 89.6 cm³/mol. The van der Waals surface area contributed by atoms with Crippen LogP contribution in [0.2, 0.25) is 0 Å². The molecule has 0 spiro atoms.